The van der Waals surface area contributed by atoms with Crippen LogP contribution in [0.3, 0.4) is 0 Å². The lowest BCUT2D eigenvalue weighted by Gasteiger charge is -2.04. The smallest absolute Gasteiger partial charge is 0.211 e. The molecule has 0 saturated heterocycles. The number of benzene rings is 1. The van der Waals surface area contributed by atoms with Gasteiger partial charge < -0.3 is 0 Å². The Bertz CT molecular complexity index is 553. The van der Waals surface area contributed by atoms with Gasteiger partial charge in [-0.1, -0.05) is 23.3 Å². The highest BCUT2D eigenvalue weighted by Crippen LogP contribution is 2.13. The summed E-state index contributed by atoms with van der Waals surface area (Å²) in [5.74, 6) is -0.0134. The largest absolute Gasteiger partial charge is 0.287 e. The Morgan fingerprint density at radius 1 is 1.00 bits per heavy atom. The van der Waals surface area contributed by atoms with Gasteiger partial charge in [0, 0.05) is 11.3 Å². The van der Waals surface area contributed by atoms with E-state index in [-0.39, 0.29) is 5.78 Å². The van der Waals surface area contributed by atoms with Crippen molar-refractivity contribution in [2.75, 3.05) is 0 Å². The number of rotatable bonds is 2. The number of pyridine rings is 1. The summed E-state index contributed by atoms with van der Waals surface area (Å²) in [5, 5.41) is 0. The van der Waals surface area contributed by atoms with Gasteiger partial charge >= 0.3 is 0 Å². The molecule has 0 saturated carbocycles. The average molecular weight is 225 g/mol. The highest BCUT2D eigenvalue weighted by molar-refractivity contribution is 6.07. The first-order valence-electron chi connectivity index (χ1n) is 5.63. The van der Waals surface area contributed by atoms with E-state index in [0.717, 1.165) is 16.8 Å². The molecule has 1 heterocycles. The van der Waals surface area contributed by atoms with E-state index in [1.54, 1.807) is 6.07 Å². The van der Waals surface area contributed by atoms with Crippen LogP contribution >= 0.6 is 0 Å². The Kier molecular flexibility index (Phi) is 3.05. The number of carbonyl (C=O) groups is 1. The lowest BCUT2D eigenvalue weighted by Crippen LogP contribution is -2.05. The summed E-state index contributed by atoms with van der Waals surface area (Å²) in [6, 6.07) is 11.4. The van der Waals surface area contributed by atoms with E-state index in [1.165, 1.54) is 0 Å². The van der Waals surface area contributed by atoms with E-state index in [9.17, 15) is 4.79 Å². The minimum Gasteiger partial charge on any atom is -0.287 e. The second-order valence-corrected chi connectivity index (χ2v) is 4.37. The van der Waals surface area contributed by atoms with Gasteiger partial charge in [-0.25, -0.2) is 4.98 Å². The molecule has 0 aliphatic heterocycles. The molecule has 2 aromatic rings. The minimum absolute atomic E-state index is 0.0134. The van der Waals surface area contributed by atoms with Crippen molar-refractivity contribution < 1.29 is 4.79 Å². The van der Waals surface area contributed by atoms with Gasteiger partial charge in [-0.2, -0.15) is 0 Å². The molecule has 0 aliphatic carbocycles. The molecule has 86 valence electrons. The molecule has 2 nitrogen and oxygen atoms in total. The number of carbonyl (C=O) groups excluding carboxylic acids is 1. The van der Waals surface area contributed by atoms with Gasteiger partial charge in [0.1, 0.15) is 5.69 Å². The fourth-order valence-electron chi connectivity index (χ4n) is 1.92. The van der Waals surface area contributed by atoms with Gasteiger partial charge in [0.15, 0.2) is 0 Å². The lowest BCUT2D eigenvalue weighted by atomic mass is 10.0. The fourth-order valence-corrected chi connectivity index (χ4v) is 1.92. The van der Waals surface area contributed by atoms with Gasteiger partial charge in [-0.05, 0) is 45.0 Å². The summed E-state index contributed by atoms with van der Waals surface area (Å²) in [4.78, 5) is 16.5. The molecule has 0 amide bonds. The number of hydrogen-bond donors (Lipinski definition) is 0. The quantitative estimate of drug-likeness (QED) is 0.734. The number of ketones is 1. The van der Waals surface area contributed by atoms with Crippen LogP contribution < -0.4 is 0 Å². The van der Waals surface area contributed by atoms with Crippen LogP contribution in [0.15, 0.2) is 36.4 Å². The summed E-state index contributed by atoms with van der Waals surface area (Å²) in [6.45, 7) is 5.87. The van der Waals surface area contributed by atoms with E-state index >= 15 is 0 Å². The second-order valence-electron chi connectivity index (χ2n) is 4.37. The molecule has 0 unspecified atom stereocenters. The van der Waals surface area contributed by atoms with Gasteiger partial charge in [0.2, 0.25) is 5.78 Å². The average Bonchev–Trinajstić information content (AvgIpc) is 2.26. The van der Waals surface area contributed by atoms with Crippen molar-refractivity contribution in [3.05, 3.63) is 64.5 Å². The van der Waals surface area contributed by atoms with Crippen molar-refractivity contribution in [3.63, 3.8) is 0 Å². The van der Waals surface area contributed by atoms with Crippen LogP contribution in [0.4, 0.5) is 0 Å². The van der Waals surface area contributed by atoms with Gasteiger partial charge in [0.25, 0.3) is 0 Å². The normalized spacial score (nSPS) is 10.3. The van der Waals surface area contributed by atoms with Crippen molar-refractivity contribution in [1.82, 2.24) is 4.98 Å². The Hall–Kier alpha value is -1.96. The van der Waals surface area contributed by atoms with Crippen LogP contribution in [0.1, 0.15) is 32.9 Å². The Morgan fingerprint density at radius 2 is 1.65 bits per heavy atom. The minimum atomic E-state index is -0.0134. The molecule has 0 atom stereocenters. The maximum Gasteiger partial charge on any atom is 0.211 e. The van der Waals surface area contributed by atoms with E-state index in [2.05, 4.69) is 11.1 Å². The second kappa shape index (κ2) is 4.50. The molecular weight excluding hydrogens is 210 g/mol. The highest BCUT2D eigenvalue weighted by atomic mass is 16.1. The van der Waals surface area contributed by atoms with E-state index in [4.69, 9.17) is 0 Å². The highest BCUT2D eigenvalue weighted by Gasteiger charge is 2.11. The third-order valence-electron chi connectivity index (χ3n) is 2.60. The lowest BCUT2D eigenvalue weighted by molar-refractivity contribution is 0.103. The third kappa shape index (κ3) is 2.59. The summed E-state index contributed by atoms with van der Waals surface area (Å²) >= 11 is 0. The molecule has 0 spiro atoms. The molecule has 17 heavy (non-hydrogen) atoms. The first kappa shape index (κ1) is 11.5. The molecule has 2 heteroatoms. The van der Waals surface area contributed by atoms with Crippen molar-refractivity contribution in [2.45, 2.75) is 20.8 Å². The molecule has 0 bridgehead atoms. The van der Waals surface area contributed by atoms with Crippen LogP contribution in [-0.2, 0) is 0 Å². The molecule has 1 aromatic heterocycles. The topological polar surface area (TPSA) is 30.0 Å². The summed E-state index contributed by atoms with van der Waals surface area (Å²) in [7, 11) is 0. The summed E-state index contributed by atoms with van der Waals surface area (Å²) in [5.41, 5.74) is 4.28. The van der Waals surface area contributed by atoms with Gasteiger partial charge in [-0.15, -0.1) is 0 Å². The van der Waals surface area contributed by atoms with Crippen molar-refractivity contribution in [1.29, 1.82) is 0 Å². The number of hydrogen-bond acceptors (Lipinski definition) is 2. The fraction of sp³-hybridized carbons (Fsp3) is 0.200. The number of nitrogens with zero attached hydrogens (tertiary/aromatic N) is 1. The first-order valence-corrected chi connectivity index (χ1v) is 5.63. The zero-order valence-electron chi connectivity index (χ0n) is 10.3. The molecule has 0 fully saturated rings. The first-order chi connectivity index (χ1) is 8.06. The zero-order valence-corrected chi connectivity index (χ0v) is 10.3. The molecule has 0 aliphatic rings. The number of aromatic nitrogens is 1. The molecule has 0 N–H and O–H groups in total. The van der Waals surface area contributed by atoms with Crippen molar-refractivity contribution >= 4 is 5.78 Å². The van der Waals surface area contributed by atoms with Gasteiger partial charge in [-0.3, -0.25) is 4.79 Å². The van der Waals surface area contributed by atoms with Crippen LogP contribution in [0.5, 0.6) is 0 Å². The maximum atomic E-state index is 12.2. The van der Waals surface area contributed by atoms with Crippen molar-refractivity contribution in [2.24, 2.45) is 0 Å². The third-order valence-corrected chi connectivity index (χ3v) is 2.60. The summed E-state index contributed by atoms with van der Waals surface area (Å²) in [6.07, 6.45) is 0. The van der Waals surface area contributed by atoms with E-state index in [1.807, 2.05) is 45.0 Å². The van der Waals surface area contributed by atoms with Gasteiger partial charge in [0.05, 0.1) is 0 Å². The Balaban J connectivity index is 2.43. The van der Waals surface area contributed by atoms with Crippen LogP contribution in [0, 0.1) is 20.8 Å². The molecule has 1 aromatic carbocycles. The predicted molar refractivity (Wildman–Crippen MR) is 68.3 cm³/mol. The molecular formula is C15H15NO. The zero-order chi connectivity index (χ0) is 12.4. The van der Waals surface area contributed by atoms with Crippen LogP contribution in [0.2, 0.25) is 0 Å². The Labute approximate surface area is 101 Å². The van der Waals surface area contributed by atoms with E-state index in [0.29, 0.717) is 11.3 Å². The molecule has 0 radical (unpaired) electrons. The van der Waals surface area contributed by atoms with E-state index < -0.39 is 0 Å². The van der Waals surface area contributed by atoms with Crippen LogP contribution in [0.25, 0.3) is 0 Å². The Morgan fingerprint density at radius 3 is 2.24 bits per heavy atom. The monoisotopic (exact) mass is 225 g/mol. The number of aryl methyl sites for hydroxylation is 3. The standard InChI is InChI=1S/C15H15NO/c1-10-7-11(2)9-13(8-10)15(17)14-6-4-5-12(3)16-14/h4-9H,1-3H3. The molecule has 2 rings (SSSR count). The SMILES string of the molecule is Cc1cc(C)cc(C(=O)c2cccc(C)n2)c1. The van der Waals surface area contributed by atoms with Crippen LogP contribution in [-0.4, -0.2) is 10.8 Å². The summed E-state index contributed by atoms with van der Waals surface area (Å²) < 4.78 is 0. The predicted octanol–water partition coefficient (Wildman–Crippen LogP) is 3.24. The van der Waals surface area contributed by atoms with Crippen molar-refractivity contribution in [3.8, 4) is 0 Å². The maximum absolute atomic E-state index is 12.2.